The van der Waals surface area contributed by atoms with Crippen molar-refractivity contribution < 1.29 is 37.4 Å². The highest BCUT2D eigenvalue weighted by Gasteiger charge is 2.57. The van der Waals surface area contributed by atoms with Crippen molar-refractivity contribution in [2.45, 2.75) is 57.0 Å². The molecule has 0 bridgehead atoms. The molecular weight excluding hydrogens is 560 g/mol. The van der Waals surface area contributed by atoms with Crippen molar-refractivity contribution >= 4 is 36.6 Å². The number of para-hydroxylation sites is 1. The minimum Gasteiger partial charge on any atom is -0.462 e. The summed E-state index contributed by atoms with van der Waals surface area (Å²) in [6.07, 6.45) is -2.93. The van der Waals surface area contributed by atoms with Crippen LogP contribution in [-0.2, 0) is 23.4 Å². The van der Waals surface area contributed by atoms with E-state index in [0.29, 0.717) is 5.82 Å². The van der Waals surface area contributed by atoms with Gasteiger partial charge < -0.3 is 30.2 Å². The van der Waals surface area contributed by atoms with Crippen LogP contribution in [0.3, 0.4) is 0 Å². The Morgan fingerprint density at radius 3 is 2.68 bits per heavy atom. The van der Waals surface area contributed by atoms with Crippen molar-refractivity contribution in [2.75, 3.05) is 24.7 Å². The Labute approximate surface area is 235 Å². The van der Waals surface area contributed by atoms with Gasteiger partial charge in [0.25, 0.3) is 0 Å². The van der Waals surface area contributed by atoms with E-state index in [-0.39, 0.29) is 22.9 Å². The molecule has 5 N–H and O–H groups in total. The molecule has 0 saturated carbocycles. The molecular formula is C25H33FN7O7P. The van der Waals surface area contributed by atoms with Crippen LogP contribution in [-0.4, -0.2) is 74.3 Å². The summed E-state index contributed by atoms with van der Waals surface area (Å²) in [6, 6.07) is 6.99. The summed E-state index contributed by atoms with van der Waals surface area (Å²) in [7, 11) is -2.70. The van der Waals surface area contributed by atoms with Gasteiger partial charge in [0.05, 0.1) is 19.0 Å². The van der Waals surface area contributed by atoms with E-state index in [9.17, 15) is 14.5 Å². The lowest BCUT2D eigenvalue weighted by atomic mass is 9.96. The number of halogens is 1. The SMILES string of the molecule is C=C[C@@]1(F)[C@H](O)[C@@H](COP(=O)(N[C@H](C)C(=O)OC(C)C)Oc2ccccc2)O[C@H]1n1cnc2c(NC)nc(N)nc21. The van der Waals surface area contributed by atoms with Gasteiger partial charge >= 0.3 is 13.7 Å². The van der Waals surface area contributed by atoms with Crippen molar-refractivity contribution in [3.05, 3.63) is 49.3 Å². The molecule has 6 atom stereocenters. The summed E-state index contributed by atoms with van der Waals surface area (Å²) in [5.74, 6) is -0.309. The fourth-order valence-corrected chi connectivity index (χ4v) is 5.69. The van der Waals surface area contributed by atoms with Gasteiger partial charge in [-0.05, 0) is 39.0 Å². The molecule has 4 rings (SSSR count). The first-order chi connectivity index (χ1) is 19.4. The number of aliphatic hydroxyl groups excluding tert-OH is 1. The maximum atomic E-state index is 16.3. The summed E-state index contributed by atoms with van der Waals surface area (Å²) in [6.45, 7) is 7.69. The minimum absolute atomic E-state index is 0.0970. The summed E-state index contributed by atoms with van der Waals surface area (Å²) in [4.78, 5) is 24.8. The zero-order valence-corrected chi connectivity index (χ0v) is 23.8. The van der Waals surface area contributed by atoms with Crippen LogP contribution < -0.4 is 20.7 Å². The van der Waals surface area contributed by atoms with Crippen molar-refractivity contribution in [1.29, 1.82) is 0 Å². The monoisotopic (exact) mass is 593 g/mol. The number of nitrogens with two attached hydrogens (primary N) is 1. The van der Waals surface area contributed by atoms with Crippen LogP contribution in [0.5, 0.6) is 5.75 Å². The van der Waals surface area contributed by atoms with E-state index in [4.69, 9.17) is 24.3 Å². The van der Waals surface area contributed by atoms with Gasteiger partial charge in [0, 0.05) is 7.05 Å². The van der Waals surface area contributed by atoms with Crippen molar-refractivity contribution in [3.63, 3.8) is 0 Å². The number of imidazole rings is 1. The molecule has 1 aliphatic rings. The normalized spacial score (nSPS) is 24.6. The van der Waals surface area contributed by atoms with Gasteiger partial charge in [-0.15, -0.1) is 0 Å². The summed E-state index contributed by atoms with van der Waals surface area (Å²) in [5, 5.41) is 16.4. The number of nitrogens with one attached hydrogen (secondary N) is 2. The minimum atomic E-state index is -4.31. The Bertz CT molecular complexity index is 1440. The van der Waals surface area contributed by atoms with Gasteiger partial charge in [-0.1, -0.05) is 24.8 Å². The van der Waals surface area contributed by atoms with Crippen LogP contribution in [0, 0.1) is 0 Å². The van der Waals surface area contributed by atoms with Crippen LogP contribution in [0.2, 0.25) is 0 Å². The number of anilines is 2. The number of hydrogen-bond donors (Lipinski definition) is 4. The van der Waals surface area contributed by atoms with Crippen LogP contribution in [0.4, 0.5) is 16.2 Å². The molecule has 14 nitrogen and oxygen atoms in total. The third-order valence-corrected chi connectivity index (χ3v) is 7.81. The first kappa shape index (κ1) is 30.3. The predicted octanol–water partition coefficient (Wildman–Crippen LogP) is 2.74. The maximum absolute atomic E-state index is 16.3. The molecule has 222 valence electrons. The molecule has 41 heavy (non-hydrogen) atoms. The van der Waals surface area contributed by atoms with E-state index < -0.39 is 56.6 Å². The summed E-state index contributed by atoms with van der Waals surface area (Å²) >= 11 is 0. The third kappa shape index (κ3) is 6.34. The van der Waals surface area contributed by atoms with Gasteiger partial charge in [-0.25, -0.2) is 13.9 Å². The van der Waals surface area contributed by atoms with Crippen molar-refractivity contribution in [3.8, 4) is 5.75 Å². The fraction of sp³-hybridized carbons (Fsp3) is 0.440. The first-order valence-electron chi connectivity index (χ1n) is 12.7. The van der Waals surface area contributed by atoms with Crippen LogP contribution >= 0.6 is 7.75 Å². The molecule has 3 heterocycles. The van der Waals surface area contributed by atoms with Gasteiger partial charge in [-0.3, -0.25) is 13.9 Å². The Balaban J connectivity index is 1.59. The molecule has 0 spiro atoms. The smallest absolute Gasteiger partial charge is 0.459 e. The lowest BCUT2D eigenvalue weighted by molar-refractivity contribution is -0.149. The summed E-state index contributed by atoms with van der Waals surface area (Å²) in [5.41, 5.74) is 3.70. The average Bonchev–Trinajstić information content (AvgIpc) is 3.45. The van der Waals surface area contributed by atoms with Gasteiger partial charge in [-0.2, -0.15) is 15.1 Å². The van der Waals surface area contributed by atoms with E-state index in [1.165, 1.54) is 30.0 Å². The van der Waals surface area contributed by atoms with Gasteiger partial charge in [0.1, 0.15) is 24.0 Å². The van der Waals surface area contributed by atoms with Crippen molar-refractivity contribution in [1.82, 2.24) is 24.6 Å². The standard InChI is InChI=1S/C25H33FN7O7P/c1-6-25(26)19(34)17(39-23(25)33-13-29-18-20(28-5)30-24(27)31-21(18)33)12-37-41(36,40-16-10-8-7-9-11-16)32-15(4)22(35)38-14(2)3/h6-11,13-15,17,19,23,34H,1,12H2,2-5H3,(H,32,36)(H3,27,28,30,31)/t15-,17-,19-,23-,25-,41?/m1/s1. The number of aromatic nitrogens is 4. The van der Waals surface area contributed by atoms with E-state index in [0.717, 1.165) is 6.08 Å². The number of fused-ring (bicyclic) bond motifs is 1. The molecule has 0 aliphatic carbocycles. The molecule has 1 aromatic carbocycles. The first-order valence-corrected chi connectivity index (χ1v) is 14.3. The average molecular weight is 594 g/mol. The second kappa shape index (κ2) is 12.1. The lowest BCUT2D eigenvalue weighted by Gasteiger charge is -2.26. The number of alkyl halides is 1. The van der Waals surface area contributed by atoms with E-state index in [1.54, 1.807) is 39.1 Å². The Kier molecular flexibility index (Phi) is 8.94. The number of benzene rings is 1. The molecule has 16 heteroatoms. The molecule has 2 aromatic heterocycles. The highest BCUT2D eigenvalue weighted by atomic mass is 31.2. The zero-order chi connectivity index (χ0) is 29.9. The van der Waals surface area contributed by atoms with Gasteiger partial charge in [0.15, 0.2) is 23.2 Å². The van der Waals surface area contributed by atoms with E-state index in [1.807, 2.05) is 0 Å². The molecule has 3 aromatic rings. The molecule has 1 unspecified atom stereocenters. The number of esters is 1. The fourth-order valence-electron chi connectivity index (χ4n) is 4.19. The maximum Gasteiger partial charge on any atom is 0.459 e. The molecule has 1 saturated heterocycles. The second-order valence-electron chi connectivity index (χ2n) is 9.54. The van der Waals surface area contributed by atoms with Crippen LogP contribution in [0.25, 0.3) is 11.2 Å². The summed E-state index contributed by atoms with van der Waals surface area (Å²) < 4.78 is 53.6. The second-order valence-corrected chi connectivity index (χ2v) is 11.2. The highest BCUT2D eigenvalue weighted by Crippen LogP contribution is 2.48. The number of nitrogens with zero attached hydrogens (tertiary/aromatic N) is 4. The Morgan fingerprint density at radius 2 is 2.05 bits per heavy atom. The Hall–Kier alpha value is -3.62. The molecule has 0 radical (unpaired) electrons. The number of rotatable bonds is 12. The van der Waals surface area contributed by atoms with E-state index >= 15 is 4.39 Å². The van der Waals surface area contributed by atoms with Gasteiger partial charge in [0.2, 0.25) is 11.6 Å². The number of nitrogen functional groups attached to an aromatic ring is 1. The quantitative estimate of drug-likeness (QED) is 0.137. The van der Waals surface area contributed by atoms with E-state index in [2.05, 4.69) is 31.9 Å². The molecule has 0 amide bonds. The molecule has 1 fully saturated rings. The number of carbonyl (C=O) groups is 1. The highest BCUT2D eigenvalue weighted by molar-refractivity contribution is 7.52. The topological polar surface area (TPSA) is 185 Å². The van der Waals surface area contributed by atoms with Crippen LogP contribution in [0.1, 0.15) is 27.0 Å². The van der Waals surface area contributed by atoms with Crippen LogP contribution in [0.15, 0.2) is 49.3 Å². The predicted molar refractivity (Wildman–Crippen MR) is 148 cm³/mol. The number of carbonyl (C=O) groups excluding carboxylic acids is 1. The van der Waals surface area contributed by atoms with Crippen molar-refractivity contribution in [2.24, 2.45) is 0 Å². The third-order valence-electron chi connectivity index (χ3n) is 6.16. The molecule has 1 aliphatic heterocycles. The number of ether oxygens (including phenoxy) is 2. The largest absolute Gasteiger partial charge is 0.462 e. The number of hydrogen-bond acceptors (Lipinski definition) is 12. The zero-order valence-electron chi connectivity index (χ0n) is 22.9. The Morgan fingerprint density at radius 1 is 1.34 bits per heavy atom. The lowest BCUT2D eigenvalue weighted by Crippen LogP contribution is -2.42. The number of aliphatic hydroxyl groups is 1.